The molecule has 3 rings (SSSR count). The van der Waals surface area contributed by atoms with Gasteiger partial charge in [0.15, 0.2) is 0 Å². The van der Waals surface area contributed by atoms with Crippen molar-refractivity contribution in [3.05, 3.63) is 39.8 Å². The Bertz CT molecular complexity index is 766. The minimum atomic E-state index is -3.19. The molecule has 0 fully saturated rings. The SMILES string of the molecule is CCS(=O)(=O)NCC1CN(Cc2ccc(C)s2)Cc2ccnn21. The van der Waals surface area contributed by atoms with Crippen LogP contribution in [0.3, 0.4) is 0 Å². The van der Waals surface area contributed by atoms with E-state index in [4.69, 9.17) is 0 Å². The lowest BCUT2D eigenvalue weighted by molar-refractivity contribution is 0.169. The smallest absolute Gasteiger partial charge is 0.211 e. The summed E-state index contributed by atoms with van der Waals surface area (Å²) in [5, 5.41) is 4.37. The highest BCUT2D eigenvalue weighted by Crippen LogP contribution is 2.24. The van der Waals surface area contributed by atoms with Crippen LogP contribution in [0.4, 0.5) is 0 Å². The van der Waals surface area contributed by atoms with Crippen LogP contribution in [0, 0.1) is 6.92 Å². The Balaban J connectivity index is 1.72. The van der Waals surface area contributed by atoms with E-state index in [1.165, 1.54) is 9.75 Å². The lowest BCUT2D eigenvalue weighted by atomic mass is 10.2. The van der Waals surface area contributed by atoms with Crippen molar-refractivity contribution in [3.8, 4) is 0 Å². The normalized spacial score (nSPS) is 19.0. The summed E-state index contributed by atoms with van der Waals surface area (Å²) < 4.78 is 28.1. The lowest BCUT2D eigenvalue weighted by Crippen LogP contribution is -2.42. The number of hydrogen-bond acceptors (Lipinski definition) is 5. The van der Waals surface area contributed by atoms with Gasteiger partial charge in [-0.1, -0.05) is 0 Å². The third-order valence-corrected chi connectivity index (χ3v) is 6.40. The van der Waals surface area contributed by atoms with Crippen molar-refractivity contribution in [2.45, 2.75) is 33.0 Å². The fourth-order valence-electron chi connectivity index (χ4n) is 2.85. The van der Waals surface area contributed by atoms with E-state index in [2.05, 4.69) is 33.8 Å². The van der Waals surface area contributed by atoms with Crippen molar-refractivity contribution in [1.29, 1.82) is 0 Å². The maximum Gasteiger partial charge on any atom is 0.211 e. The molecule has 1 N–H and O–H groups in total. The Morgan fingerprint density at radius 3 is 2.91 bits per heavy atom. The van der Waals surface area contributed by atoms with Gasteiger partial charge in [-0.2, -0.15) is 5.10 Å². The second kappa shape index (κ2) is 6.72. The summed E-state index contributed by atoms with van der Waals surface area (Å²) >= 11 is 1.81. The first-order valence-electron chi connectivity index (χ1n) is 7.74. The van der Waals surface area contributed by atoms with Crippen LogP contribution < -0.4 is 4.72 Å². The van der Waals surface area contributed by atoms with Crippen LogP contribution in [-0.2, 0) is 23.1 Å². The topological polar surface area (TPSA) is 67.2 Å². The van der Waals surface area contributed by atoms with E-state index >= 15 is 0 Å². The highest BCUT2D eigenvalue weighted by molar-refractivity contribution is 7.89. The van der Waals surface area contributed by atoms with E-state index in [0.717, 1.165) is 25.3 Å². The average molecular weight is 355 g/mol. The van der Waals surface area contributed by atoms with Gasteiger partial charge in [0.25, 0.3) is 0 Å². The largest absolute Gasteiger partial charge is 0.290 e. The molecule has 23 heavy (non-hydrogen) atoms. The van der Waals surface area contributed by atoms with Crippen LogP contribution in [-0.4, -0.2) is 41.9 Å². The van der Waals surface area contributed by atoms with Gasteiger partial charge in [0.1, 0.15) is 0 Å². The van der Waals surface area contributed by atoms with Gasteiger partial charge in [0, 0.05) is 42.1 Å². The maximum atomic E-state index is 11.7. The number of hydrogen-bond donors (Lipinski definition) is 1. The first kappa shape index (κ1) is 16.6. The van der Waals surface area contributed by atoms with Crippen LogP contribution in [0.15, 0.2) is 24.4 Å². The summed E-state index contributed by atoms with van der Waals surface area (Å²) in [4.78, 5) is 5.00. The van der Waals surface area contributed by atoms with Gasteiger partial charge in [-0.25, -0.2) is 13.1 Å². The average Bonchev–Trinajstić information content (AvgIpc) is 3.14. The Kier molecular flexibility index (Phi) is 4.86. The molecule has 0 amide bonds. The van der Waals surface area contributed by atoms with Crippen LogP contribution >= 0.6 is 11.3 Å². The van der Waals surface area contributed by atoms with Gasteiger partial charge in [-0.05, 0) is 32.0 Å². The molecule has 1 aliphatic heterocycles. The molecule has 8 heteroatoms. The fourth-order valence-corrected chi connectivity index (χ4v) is 4.44. The van der Waals surface area contributed by atoms with Crippen molar-refractivity contribution in [3.63, 3.8) is 0 Å². The lowest BCUT2D eigenvalue weighted by Gasteiger charge is -2.33. The number of rotatable bonds is 6. The van der Waals surface area contributed by atoms with E-state index in [-0.39, 0.29) is 11.8 Å². The molecule has 0 saturated carbocycles. The molecule has 1 aliphatic rings. The highest BCUT2D eigenvalue weighted by Gasteiger charge is 2.26. The summed E-state index contributed by atoms with van der Waals surface area (Å²) in [7, 11) is -3.19. The summed E-state index contributed by atoms with van der Waals surface area (Å²) in [5.41, 5.74) is 1.13. The first-order chi connectivity index (χ1) is 11.0. The van der Waals surface area contributed by atoms with Crippen LogP contribution in [0.5, 0.6) is 0 Å². The van der Waals surface area contributed by atoms with Gasteiger partial charge in [0.2, 0.25) is 10.0 Å². The van der Waals surface area contributed by atoms with Gasteiger partial charge >= 0.3 is 0 Å². The number of thiophene rings is 1. The predicted octanol–water partition coefficient (Wildman–Crippen LogP) is 1.75. The molecule has 0 aromatic carbocycles. The molecule has 6 nitrogen and oxygen atoms in total. The molecule has 2 aromatic rings. The molecular formula is C15H22N4O2S2. The molecule has 1 atom stereocenters. The summed E-state index contributed by atoms with van der Waals surface area (Å²) in [6.07, 6.45) is 1.79. The van der Waals surface area contributed by atoms with Crippen molar-refractivity contribution in [2.24, 2.45) is 0 Å². The minimum Gasteiger partial charge on any atom is -0.290 e. The summed E-state index contributed by atoms with van der Waals surface area (Å²) in [5.74, 6) is 0.101. The Morgan fingerprint density at radius 2 is 2.22 bits per heavy atom. The quantitative estimate of drug-likeness (QED) is 0.858. The number of nitrogens with zero attached hydrogens (tertiary/aromatic N) is 3. The van der Waals surface area contributed by atoms with Crippen molar-refractivity contribution < 1.29 is 8.42 Å². The Labute approximate surface area is 141 Å². The van der Waals surface area contributed by atoms with Gasteiger partial charge in [-0.3, -0.25) is 9.58 Å². The zero-order valence-electron chi connectivity index (χ0n) is 13.4. The Hall–Kier alpha value is -1.22. The van der Waals surface area contributed by atoms with Gasteiger partial charge in [-0.15, -0.1) is 11.3 Å². The third kappa shape index (κ3) is 4.00. The maximum absolute atomic E-state index is 11.7. The van der Waals surface area contributed by atoms with E-state index in [0.29, 0.717) is 6.54 Å². The van der Waals surface area contributed by atoms with Crippen molar-refractivity contribution in [2.75, 3.05) is 18.8 Å². The fraction of sp³-hybridized carbons (Fsp3) is 0.533. The molecule has 0 saturated heterocycles. The van der Waals surface area contributed by atoms with E-state index in [1.54, 1.807) is 13.1 Å². The van der Waals surface area contributed by atoms with E-state index in [1.807, 2.05) is 22.1 Å². The van der Waals surface area contributed by atoms with Crippen molar-refractivity contribution in [1.82, 2.24) is 19.4 Å². The summed E-state index contributed by atoms with van der Waals surface area (Å²) in [6.45, 7) is 6.66. The Morgan fingerprint density at radius 1 is 1.39 bits per heavy atom. The number of nitrogens with one attached hydrogen (secondary N) is 1. The van der Waals surface area contributed by atoms with Crippen molar-refractivity contribution >= 4 is 21.4 Å². The zero-order chi connectivity index (χ0) is 16.4. The molecule has 126 valence electrons. The molecule has 0 bridgehead atoms. The number of fused-ring (bicyclic) bond motifs is 1. The number of aryl methyl sites for hydroxylation is 1. The molecule has 0 aliphatic carbocycles. The first-order valence-corrected chi connectivity index (χ1v) is 10.2. The zero-order valence-corrected chi connectivity index (χ0v) is 15.0. The van der Waals surface area contributed by atoms with Crippen LogP contribution in [0.2, 0.25) is 0 Å². The summed E-state index contributed by atoms with van der Waals surface area (Å²) in [6, 6.07) is 6.34. The molecule has 3 heterocycles. The number of sulfonamides is 1. The standard InChI is InChI=1S/C15H22N4O2S2/c1-3-23(20,21)17-8-14-10-18(9-13-6-7-16-19(13)14)11-15-5-4-12(2)22-15/h4-7,14,17H,3,8-11H2,1-2H3. The number of aromatic nitrogens is 2. The second-order valence-electron chi connectivity index (χ2n) is 5.85. The molecular weight excluding hydrogens is 332 g/mol. The molecule has 1 unspecified atom stereocenters. The monoisotopic (exact) mass is 354 g/mol. The molecule has 0 radical (unpaired) electrons. The van der Waals surface area contributed by atoms with Crippen LogP contribution in [0.25, 0.3) is 0 Å². The van der Waals surface area contributed by atoms with Gasteiger partial charge in [0.05, 0.1) is 17.5 Å². The second-order valence-corrected chi connectivity index (χ2v) is 9.32. The highest BCUT2D eigenvalue weighted by atomic mass is 32.2. The van der Waals surface area contributed by atoms with E-state index in [9.17, 15) is 8.42 Å². The van der Waals surface area contributed by atoms with Gasteiger partial charge < -0.3 is 0 Å². The van der Waals surface area contributed by atoms with Crippen LogP contribution in [0.1, 0.15) is 28.4 Å². The molecule has 2 aromatic heterocycles. The minimum absolute atomic E-state index is 0.0242. The predicted molar refractivity (Wildman–Crippen MR) is 91.9 cm³/mol. The van der Waals surface area contributed by atoms with E-state index < -0.39 is 10.0 Å². The third-order valence-electron chi connectivity index (χ3n) is 4.05. The molecule has 0 spiro atoms.